The molecule has 0 aliphatic carbocycles. The summed E-state index contributed by atoms with van der Waals surface area (Å²) in [4.78, 5) is 40.3. The summed E-state index contributed by atoms with van der Waals surface area (Å²) in [6.07, 6.45) is 1.77. The maximum Gasteiger partial charge on any atom is 0.414 e. The highest BCUT2D eigenvalue weighted by atomic mass is 32.1. The van der Waals surface area contributed by atoms with E-state index >= 15 is 0 Å². The molecule has 3 aromatic heterocycles. The van der Waals surface area contributed by atoms with Crippen LogP contribution in [0.3, 0.4) is 0 Å². The molecule has 3 N–H and O–H groups in total. The molecule has 9 nitrogen and oxygen atoms in total. The molecule has 3 rings (SSSR count). The molecular formula is C16H15N5O4S. The molecule has 0 saturated heterocycles. The van der Waals surface area contributed by atoms with Crippen LogP contribution < -0.4 is 10.6 Å². The number of amides is 3. The molecule has 3 aromatic rings. The van der Waals surface area contributed by atoms with Gasteiger partial charge < -0.3 is 10.1 Å². The van der Waals surface area contributed by atoms with Gasteiger partial charge in [0.1, 0.15) is 5.00 Å². The lowest BCUT2D eigenvalue weighted by molar-refractivity contribution is 0.0877. The van der Waals surface area contributed by atoms with Crippen LogP contribution in [0, 0.1) is 0 Å². The van der Waals surface area contributed by atoms with Crippen LogP contribution in [0.25, 0.3) is 11.0 Å². The zero-order chi connectivity index (χ0) is 18.7. The number of imide groups is 1. The minimum atomic E-state index is -0.844. The second-order valence-electron chi connectivity index (χ2n) is 5.56. The first-order chi connectivity index (χ1) is 12.4. The van der Waals surface area contributed by atoms with Gasteiger partial charge in [0.05, 0.1) is 23.4 Å². The highest BCUT2D eigenvalue weighted by Gasteiger charge is 2.19. The largest absolute Gasteiger partial charge is 0.447 e. The van der Waals surface area contributed by atoms with Gasteiger partial charge in [-0.3, -0.25) is 20.0 Å². The smallest absolute Gasteiger partial charge is 0.414 e. The lowest BCUT2D eigenvalue weighted by Crippen LogP contribution is -2.32. The van der Waals surface area contributed by atoms with Crippen LogP contribution in [-0.2, 0) is 4.74 Å². The fourth-order valence-electron chi connectivity index (χ4n) is 2.12. The van der Waals surface area contributed by atoms with Crippen LogP contribution in [0.5, 0.6) is 0 Å². The second kappa shape index (κ2) is 7.31. The summed E-state index contributed by atoms with van der Waals surface area (Å²) >= 11 is 1.16. The molecular weight excluding hydrogens is 358 g/mol. The standard InChI is InChI=1S/C16H15N5O4S/c1-8(2)25-16(24)20-14(23)11-3-4-26-15(11)19-13(22)10-5-9-7-18-21-12(9)17-6-10/h3-8H,1-2H3,(H,19,22)(H,17,18,21)(H,20,23,24). The lowest BCUT2D eigenvalue weighted by atomic mass is 10.2. The molecule has 0 fully saturated rings. The number of rotatable bonds is 4. The molecule has 0 radical (unpaired) electrons. The van der Waals surface area contributed by atoms with Crippen molar-refractivity contribution >= 4 is 45.3 Å². The molecule has 0 atom stereocenters. The number of pyridine rings is 1. The number of fused-ring (bicyclic) bond motifs is 1. The first kappa shape index (κ1) is 17.5. The molecule has 0 aliphatic rings. The van der Waals surface area contributed by atoms with Crippen LogP contribution in [0.1, 0.15) is 34.6 Å². The molecule has 0 spiro atoms. The van der Waals surface area contributed by atoms with Gasteiger partial charge >= 0.3 is 6.09 Å². The Bertz CT molecular complexity index is 978. The average molecular weight is 373 g/mol. The van der Waals surface area contributed by atoms with Crippen LogP contribution in [0.4, 0.5) is 9.80 Å². The SMILES string of the molecule is CC(C)OC(=O)NC(=O)c1ccsc1NC(=O)c1cnc2[nH]ncc2c1. The van der Waals surface area contributed by atoms with Crippen molar-refractivity contribution < 1.29 is 19.1 Å². The topological polar surface area (TPSA) is 126 Å². The van der Waals surface area contributed by atoms with Gasteiger partial charge in [0.15, 0.2) is 5.65 Å². The molecule has 10 heteroatoms. The van der Waals surface area contributed by atoms with Crippen molar-refractivity contribution in [3.8, 4) is 0 Å². The molecule has 3 amide bonds. The Kier molecular flexibility index (Phi) is 4.94. The van der Waals surface area contributed by atoms with Gasteiger partial charge in [-0.2, -0.15) is 5.10 Å². The van der Waals surface area contributed by atoms with Gasteiger partial charge in [-0.1, -0.05) is 0 Å². The average Bonchev–Trinajstić information content (AvgIpc) is 3.21. The zero-order valence-electron chi connectivity index (χ0n) is 13.9. The summed E-state index contributed by atoms with van der Waals surface area (Å²) in [6, 6.07) is 3.14. The van der Waals surface area contributed by atoms with Crippen LogP contribution in [0.2, 0.25) is 0 Å². The van der Waals surface area contributed by atoms with E-state index in [-0.39, 0.29) is 11.7 Å². The molecule has 0 aliphatic heterocycles. The number of nitrogens with zero attached hydrogens (tertiary/aromatic N) is 2. The maximum absolute atomic E-state index is 12.4. The van der Waals surface area contributed by atoms with Crippen molar-refractivity contribution in [2.24, 2.45) is 0 Å². The summed E-state index contributed by atoms with van der Waals surface area (Å²) in [5.74, 6) is -1.09. The van der Waals surface area contributed by atoms with Gasteiger partial charge in [0.25, 0.3) is 11.8 Å². The van der Waals surface area contributed by atoms with Crippen molar-refractivity contribution in [3.05, 3.63) is 41.0 Å². The van der Waals surface area contributed by atoms with E-state index in [2.05, 4.69) is 25.8 Å². The monoisotopic (exact) mass is 373 g/mol. The molecule has 3 heterocycles. The van der Waals surface area contributed by atoms with Gasteiger partial charge in [-0.15, -0.1) is 11.3 Å². The molecule has 0 saturated carbocycles. The third-order valence-corrected chi connectivity index (χ3v) is 4.08. The Labute approximate surface area is 151 Å². The summed E-state index contributed by atoms with van der Waals surface area (Å²) in [6.45, 7) is 3.34. The number of anilines is 1. The first-order valence-corrected chi connectivity index (χ1v) is 8.52. The Balaban J connectivity index is 1.72. The van der Waals surface area contributed by atoms with E-state index in [1.807, 2.05) is 0 Å². The van der Waals surface area contributed by atoms with Crippen molar-refractivity contribution in [1.29, 1.82) is 0 Å². The van der Waals surface area contributed by atoms with Crippen molar-refractivity contribution in [3.63, 3.8) is 0 Å². The number of ether oxygens (including phenoxy) is 1. The summed E-state index contributed by atoms with van der Waals surface area (Å²) in [5, 5.41) is 14.0. The van der Waals surface area contributed by atoms with E-state index in [1.165, 1.54) is 12.3 Å². The Hall–Kier alpha value is -3.27. The van der Waals surface area contributed by atoms with E-state index in [0.29, 0.717) is 21.6 Å². The zero-order valence-corrected chi connectivity index (χ0v) is 14.7. The number of carbonyl (C=O) groups excluding carboxylic acids is 3. The number of hydrogen-bond donors (Lipinski definition) is 3. The van der Waals surface area contributed by atoms with Crippen LogP contribution in [-0.4, -0.2) is 39.2 Å². The minimum Gasteiger partial charge on any atom is -0.447 e. The number of aromatic amines is 1. The lowest BCUT2D eigenvalue weighted by Gasteiger charge is -2.09. The minimum absolute atomic E-state index is 0.168. The third kappa shape index (κ3) is 3.86. The number of carbonyl (C=O) groups is 3. The maximum atomic E-state index is 12.4. The van der Waals surface area contributed by atoms with Crippen molar-refractivity contribution in [2.75, 3.05) is 5.32 Å². The molecule has 134 valence electrons. The van der Waals surface area contributed by atoms with E-state index in [0.717, 1.165) is 11.3 Å². The number of hydrogen-bond acceptors (Lipinski definition) is 7. The van der Waals surface area contributed by atoms with Crippen molar-refractivity contribution in [2.45, 2.75) is 20.0 Å². The molecule has 26 heavy (non-hydrogen) atoms. The molecule has 0 aromatic carbocycles. The number of H-pyrrole nitrogens is 1. The normalized spacial score (nSPS) is 10.7. The van der Waals surface area contributed by atoms with E-state index < -0.39 is 17.9 Å². The van der Waals surface area contributed by atoms with Gasteiger partial charge in [-0.05, 0) is 31.4 Å². The number of aromatic nitrogens is 3. The highest BCUT2D eigenvalue weighted by Crippen LogP contribution is 2.24. The predicted molar refractivity (Wildman–Crippen MR) is 95.2 cm³/mol. The van der Waals surface area contributed by atoms with Crippen molar-refractivity contribution in [1.82, 2.24) is 20.5 Å². The van der Waals surface area contributed by atoms with Crippen LogP contribution in [0.15, 0.2) is 29.9 Å². The fourth-order valence-corrected chi connectivity index (χ4v) is 2.90. The fraction of sp³-hybridized carbons (Fsp3) is 0.188. The Morgan fingerprint density at radius 2 is 2.04 bits per heavy atom. The molecule has 0 bridgehead atoms. The number of thiophene rings is 1. The summed E-state index contributed by atoms with van der Waals surface area (Å²) < 4.78 is 4.87. The van der Waals surface area contributed by atoms with Gasteiger partial charge in [0, 0.05) is 11.6 Å². The number of nitrogens with one attached hydrogen (secondary N) is 3. The first-order valence-electron chi connectivity index (χ1n) is 7.64. The quantitative estimate of drug-likeness (QED) is 0.645. The van der Waals surface area contributed by atoms with E-state index in [4.69, 9.17) is 4.74 Å². The number of alkyl carbamates (subject to hydrolysis) is 1. The summed E-state index contributed by atoms with van der Waals surface area (Å²) in [5.41, 5.74) is 1.06. The van der Waals surface area contributed by atoms with Crippen LogP contribution >= 0.6 is 11.3 Å². The Morgan fingerprint density at radius 1 is 1.23 bits per heavy atom. The summed E-state index contributed by atoms with van der Waals surface area (Å²) in [7, 11) is 0. The highest BCUT2D eigenvalue weighted by molar-refractivity contribution is 7.14. The predicted octanol–water partition coefficient (Wildman–Crippen LogP) is 2.55. The second-order valence-corrected chi connectivity index (χ2v) is 6.47. The van der Waals surface area contributed by atoms with Gasteiger partial charge in [0.2, 0.25) is 0 Å². The third-order valence-electron chi connectivity index (χ3n) is 3.25. The molecule has 0 unspecified atom stereocenters. The van der Waals surface area contributed by atoms with E-state index in [1.54, 1.807) is 31.5 Å². The van der Waals surface area contributed by atoms with Gasteiger partial charge in [-0.25, -0.2) is 9.78 Å². The van der Waals surface area contributed by atoms with E-state index in [9.17, 15) is 14.4 Å². The Morgan fingerprint density at radius 3 is 2.81 bits per heavy atom.